The first-order chi connectivity index (χ1) is 8.90. The summed E-state index contributed by atoms with van der Waals surface area (Å²) in [5.41, 5.74) is 16.5. The van der Waals surface area contributed by atoms with Crippen molar-refractivity contribution in [1.82, 2.24) is 4.90 Å². The van der Waals surface area contributed by atoms with E-state index in [1.54, 1.807) is 0 Å². The van der Waals surface area contributed by atoms with Crippen LogP contribution in [0.3, 0.4) is 0 Å². The number of carbonyl (C=O) groups excluding carboxylic acids is 2. The first-order valence-electron chi connectivity index (χ1n) is 5.87. The molecule has 1 atom stereocenters. The van der Waals surface area contributed by atoms with Gasteiger partial charge in [0.1, 0.15) is 9.88 Å². The molecule has 19 heavy (non-hydrogen) atoms. The number of anilines is 2. The van der Waals surface area contributed by atoms with Crippen LogP contribution in [0.4, 0.5) is 10.7 Å². The zero-order chi connectivity index (χ0) is 14.2. The molecular weight excluding hydrogens is 266 g/mol. The van der Waals surface area contributed by atoms with Gasteiger partial charge < -0.3 is 27.4 Å². The van der Waals surface area contributed by atoms with Gasteiger partial charge in [-0.15, -0.1) is 11.3 Å². The van der Waals surface area contributed by atoms with Crippen LogP contribution in [0.5, 0.6) is 0 Å². The lowest BCUT2D eigenvalue weighted by atomic mass is 10.2. The zero-order valence-corrected chi connectivity index (χ0v) is 11.4. The molecule has 7 nitrogen and oxygen atoms in total. The van der Waals surface area contributed by atoms with Crippen molar-refractivity contribution in [3.63, 3.8) is 0 Å². The van der Waals surface area contributed by atoms with Crippen LogP contribution in [0.25, 0.3) is 0 Å². The topological polar surface area (TPSA) is 127 Å². The second-order valence-corrected chi connectivity index (χ2v) is 5.69. The van der Waals surface area contributed by atoms with Crippen LogP contribution in [0.1, 0.15) is 26.5 Å². The summed E-state index contributed by atoms with van der Waals surface area (Å²) in [7, 11) is 2.02. The maximum absolute atomic E-state index is 11.5. The van der Waals surface area contributed by atoms with E-state index in [1.165, 1.54) is 0 Å². The summed E-state index contributed by atoms with van der Waals surface area (Å²) in [5, 5.41) is 3.75. The summed E-state index contributed by atoms with van der Waals surface area (Å²) in [4.78, 5) is 25.1. The summed E-state index contributed by atoms with van der Waals surface area (Å²) in [6, 6.07) is 0.210. The van der Waals surface area contributed by atoms with E-state index in [0.717, 1.165) is 30.8 Å². The maximum atomic E-state index is 11.5. The largest absolute Gasteiger partial charge is 0.397 e. The molecule has 0 aliphatic carbocycles. The smallest absolute Gasteiger partial charge is 0.260 e. The molecule has 2 heterocycles. The average Bonchev–Trinajstić information content (AvgIpc) is 2.83. The van der Waals surface area contributed by atoms with Crippen LogP contribution in [0.15, 0.2) is 0 Å². The van der Waals surface area contributed by atoms with Gasteiger partial charge in [-0.05, 0) is 20.0 Å². The molecule has 7 N–H and O–H groups in total. The molecule has 8 heteroatoms. The summed E-state index contributed by atoms with van der Waals surface area (Å²) in [5.74, 6) is -1.31. The molecule has 1 aromatic rings. The van der Waals surface area contributed by atoms with Crippen molar-refractivity contribution in [3.8, 4) is 0 Å². The van der Waals surface area contributed by atoms with Crippen molar-refractivity contribution in [2.45, 2.75) is 12.5 Å². The molecule has 0 saturated carbocycles. The van der Waals surface area contributed by atoms with E-state index in [2.05, 4.69) is 10.2 Å². The minimum atomic E-state index is -0.657. The number of hydrogen-bond donors (Lipinski definition) is 4. The Bertz CT molecular complexity index is 527. The third-order valence-electron chi connectivity index (χ3n) is 3.14. The second-order valence-electron chi connectivity index (χ2n) is 4.67. The van der Waals surface area contributed by atoms with Gasteiger partial charge in [-0.1, -0.05) is 0 Å². The summed E-state index contributed by atoms with van der Waals surface area (Å²) >= 11 is 1.08. The van der Waals surface area contributed by atoms with Crippen molar-refractivity contribution >= 4 is 33.8 Å². The van der Waals surface area contributed by atoms with Gasteiger partial charge in [0.15, 0.2) is 0 Å². The van der Waals surface area contributed by atoms with Crippen LogP contribution < -0.4 is 22.5 Å². The number of nitrogens with one attached hydrogen (secondary N) is 1. The molecule has 1 aromatic heterocycles. The molecule has 1 fully saturated rings. The van der Waals surface area contributed by atoms with Gasteiger partial charge in [-0.2, -0.15) is 0 Å². The van der Waals surface area contributed by atoms with Gasteiger partial charge in [0.25, 0.3) is 11.8 Å². The van der Waals surface area contributed by atoms with Crippen molar-refractivity contribution < 1.29 is 9.59 Å². The minimum Gasteiger partial charge on any atom is -0.397 e. The minimum absolute atomic E-state index is 0.0684. The fourth-order valence-electron chi connectivity index (χ4n) is 2.21. The van der Waals surface area contributed by atoms with Gasteiger partial charge in [-0.3, -0.25) is 9.59 Å². The van der Waals surface area contributed by atoms with E-state index in [9.17, 15) is 9.59 Å². The number of rotatable bonds is 4. The quantitative estimate of drug-likeness (QED) is 0.600. The highest BCUT2D eigenvalue weighted by Gasteiger charge is 2.26. The van der Waals surface area contributed by atoms with Crippen molar-refractivity contribution in [3.05, 3.63) is 10.4 Å². The van der Waals surface area contributed by atoms with Gasteiger partial charge in [0.2, 0.25) is 0 Å². The number of carbonyl (C=O) groups is 2. The molecule has 2 rings (SSSR count). The second kappa shape index (κ2) is 5.06. The van der Waals surface area contributed by atoms with Gasteiger partial charge in [0.05, 0.1) is 11.3 Å². The first-order valence-corrected chi connectivity index (χ1v) is 6.68. The van der Waals surface area contributed by atoms with E-state index >= 15 is 0 Å². The van der Waals surface area contributed by atoms with Gasteiger partial charge in [0, 0.05) is 12.6 Å². The van der Waals surface area contributed by atoms with Crippen molar-refractivity contribution in [2.75, 3.05) is 31.2 Å². The molecule has 1 aliphatic rings. The third-order valence-corrected chi connectivity index (χ3v) is 4.29. The SMILES string of the molecule is CN1CCC(Nc2sc(C(N)=O)c(N)c2C(N)=O)C1. The Kier molecular flexibility index (Phi) is 3.63. The molecular formula is C11H17N5O2S. The maximum Gasteiger partial charge on any atom is 0.260 e. The highest BCUT2D eigenvalue weighted by atomic mass is 32.1. The number of nitrogen functional groups attached to an aromatic ring is 1. The van der Waals surface area contributed by atoms with Crippen LogP contribution in [-0.4, -0.2) is 42.9 Å². The number of nitrogens with zero attached hydrogens (tertiary/aromatic N) is 1. The van der Waals surface area contributed by atoms with Gasteiger partial charge >= 0.3 is 0 Å². The molecule has 104 valence electrons. The Morgan fingerprint density at radius 1 is 1.37 bits per heavy atom. The lowest BCUT2D eigenvalue weighted by molar-refractivity contribution is 0.0999. The Morgan fingerprint density at radius 2 is 2.05 bits per heavy atom. The molecule has 2 amide bonds. The molecule has 1 unspecified atom stereocenters. The fourth-order valence-corrected chi connectivity index (χ4v) is 3.27. The van der Waals surface area contributed by atoms with E-state index in [-0.39, 0.29) is 22.2 Å². The van der Waals surface area contributed by atoms with E-state index in [1.807, 2.05) is 7.05 Å². The lowest BCUT2D eigenvalue weighted by Crippen LogP contribution is -2.24. The van der Waals surface area contributed by atoms with E-state index in [4.69, 9.17) is 17.2 Å². The lowest BCUT2D eigenvalue weighted by Gasteiger charge is -2.13. The normalized spacial score (nSPS) is 19.5. The number of primary amides is 2. The molecule has 0 bridgehead atoms. The van der Waals surface area contributed by atoms with Crippen molar-refractivity contribution in [2.24, 2.45) is 11.5 Å². The molecule has 1 saturated heterocycles. The van der Waals surface area contributed by atoms with Gasteiger partial charge in [-0.25, -0.2) is 0 Å². The predicted octanol–water partition coefficient (Wildman–Crippen LogP) is -0.356. The highest BCUT2D eigenvalue weighted by molar-refractivity contribution is 7.19. The fraction of sp³-hybridized carbons (Fsp3) is 0.455. The summed E-state index contributed by atoms with van der Waals surface area (Å²) < 4.78 is 0. The van der Waals surface area contributed by atoms with Crippen LogP contribution >= 0.6 is 11.3 Å². The Morgan fingerprint density at radius 3 is 2.53 bits per heavy atom. The monoisotopic (exact) mass is 283 g/mol. The Labute approximate surface area is 114 Å². The standard InChI is InChI=1S/C11H17N5O2S/c1-16-3-2-5(4-16)15-11-6(9(13)17)7(12)8(19-11)10(14)18/h5,15H,2-4,12H2,1H3,(H2,13,17)(H2,14,18). The average molecular weight is 283 g/mol. The molecule has 0 aromatic carbocycles. The van der Waals surface area contributed by atoms with E-state index in [0.29, 0.717) is 5.00 Å². The number of amides is 2. The van der Waals surface area contributed by atoms with Crippen LogP contribution in [-0.2, 0) is 0 Å². The number of likely N-dealkylation sites (tertiary alicyclic amines) is 1. The third kappa shape index (κ3) is 2.64. The summed E-state index contributed by atoms with van der Waals surface area (Å²) in [6.45, 7) is 1.84. The van der Waals surface area contributed by atoms with Crippen molar-refractivity contribution in [1.29, 1.82) is 0 Å². The highest BCUT2D eigenvalue weighted by Crippen LogP contribution is 2.36. The number of likely N-dealkylation sites (N-methyl/N-ethyl adjacent to an activating group) is 1. The Balaban J connectivity index is 2.31. The van der Waals surface area contributed by atoms with E-state index < -0.39 is 11.8 Å². The zero-order valence-electron chi connectivity index (χ0n) is 10.6. The van der Waals surface area contributed by atoms with Crippen LogP contribution in [0.2, 0.25) is 0 Å². The number of hydrogen-bond acceptors (Lipinski definition) is 6. The summed E-state index contributed by atoms with van der Waals surface area (Å²) in [6.07, 6.45) is 0.957. The molecule has 0 spiro atoms. The molecule has 1 aliphatic heterocycles. The Hall–Kier alpha value is -1.80. The number of nitrogens with two attached hydrogens (primary N) is 3. The predicted molar refractivity (Wildman–Crippen MR) is 75.3 cm³/mol. The molecule has 0 radical (unpaired) electrons. The first kappa shape index (κ1) is 13.6. The van der Waals surface area contributed by atoms with Crippen LogP contribution in [0, 0.1) is 0 Å². The number of thiophene rings is 1.